The number of rotatable bonds is 3. The summed E-state index contributed by atoms with van der Waals surface area (Å²) >= 11 is 3.23. The quantitative estimate of drug-likeness (QED) is 0.567. The molecule has 0 fully saturated rings. The highest BCUT2D eigenvalue weighted by Crippen LogP contribution is 2.31. The molecule has 20 heavy (non-hydrogen) atoms. The molecule has 0 atom stereocenters. The van der Waals surface area contributed by atoms with Crippen LogP contribution in [0.15, 0.2) is 41.3 Å². The summed E-state index contributed by atoms with van der Waals surface area (Å²) in [5.41, 5.74) is 2.98. The van der Waals surface area contributed by atoms with Crippen LogP contribution in [0.5, 0.6) is 11.6 Å². The van der Waals surface area contributed by atoms with Crippen LogP contribution in [-0.2, 0) is 0 Å². The minimum absolute atomic E-state index is 0.262. The largest absolute Gasteiger partial charge is 0.435 e. The molecule has 3 rings (SSSR count). The van der Waals surface area contributed by atoms with Crippen molar-refractivity contribution in [1.29, 1.82) is 0 Å². The molecule has 2 aromatic heterocycles. The first kappa shape index (κ1) is 12.8. The van der Waals surface area contributed by atoms with Gasteiger partial charge in [-0.1, -0.05) is 0 Å². The van der Waals surface area contributed by atoms with E-state index in [9.17, 15) is 4.39 Å². The molecule has 0 saturated heterocycles. The van der Waals surface area contributed by atoms with Crippen molar-refractivity contribution >= 4 is 27.4 Å². The first-order chi connectivity index (χ1) is 9.67. The molecule has 0 radical (unpaired) electrons. The Kier molecular flexibility index (Phi) is 3.25. The molecule has 2 heterocycles. The van der Waals surface area contributed by atoms with E-state index in [1.165, 1.54) is 18.2 Å². The van der Waals surface area contributed by atoms with E-state index in [4.69, 9.17) is 10.6 Å². The van der Waals surface area contributed by atoms with E-state index in [1.807, 2.05) is 0 Å². The molecule has 0 unspecified atom stereocenters. The summed E-state index contributed by atoms with van der Waals surface area (Å²) in [6.07, 6.45) is 5.03. The Balaban J connectivity index is 2.07. The maximum Gasteiger partial charge on any atom is 0.265 e. The predicted molar refractivity (Wildman–Crippen MR) is 75.0 cm³/mol. The van der Waals surface area contributed by atoms with Gasteiger partial charge in [0.1, 0.15) is 11.6 Å². The SMILES string of the molecule is NNc1cn2ccnc2c(Oc2ccc(F)cc2Br)n1. The van der Waals surface area contributed by atoms with E-state index in [1.54, 1.807) is 23.0 Å². The van der Waals surface area contributed by atoms with Crippen LogP contribution in [0.25, 0.3) is 5.65 Å². The molecule has 0 aliphatic carbocycles. The predicted octanol–water partition coefficient (Wildman–Crippen LogP) is 2.71. The number of hydrazine groups is 1. The Morgan fingerprint density at radius 1 is 1.40 bits per heavy atom. The van der Waals surface area contributed by atoms with Crippen LogP contribution < -0.4 is 16.0 Å². The van der Waals surface area contributed by atoms with E-state index in [0.29, 0.717) is 21.7 Å². The molecule has 0 bridgehead atoms. The number of benzene rings is 1. The second-order valence-electron chi connectivity index (χ2n) is 3.91. The number of nitrogen functional groups attached to an aromatic ring is 1. The van der Waals surface area contributed by atoms with E-state index < -0.39 is 0 Å². The van der Waals surface area contributed by atoms with Crippen molar-refractivity contribution in [1.82, 2.24) is 14.4 Å². The summed E-state index contributed by atoms with van der Waals surface area (Å²) in [5, 5.41) is 0. The molecule has 8 heteroatoms. The smallest absolute Gasteiger partial charge is 0.265 e. The summed E-state index contributed by atoms with van der Waals surface area (Å²) in [6, 6.07) is 4.11. The van der Waals surface area contributed by atoms with Crippen LogP contribution in [0, 0.1) is 5.82 Å². The molecule has 0 aliphatic rings. The second kappa shape index (κ2) is 5.06. The summed E-state index contributed by atoms with van der Waals surface area (Å²) in [7, 11) is 0. The summed E-state index contributed by atoms with van der Waals surface area (Å²) < 4.78 is 20.9. The molecule has 0 saturated carbocycles. The third-order valence-corrected chi connectivity index (χ3v) is 3.21. The maximum atomic E-state index is 13.1. The minimum Gasteiger partial charge on any atom is -0.435 e. The number of aromatic nitrogens is 3. The van der Waals surface area contributed by atoms with Gasteiger partial charge in [-0.2, -0.15) is 4.98 Å². The monoisotopic (exact) mass is 337 g/mol. The summed E-state index contributed by atoms with van der Waals surface area (Å²) in [5.74, 6) is 6.11. The highest BCUT2D eigenvalue weighted by molar-refractivity contribution is 9.10. The molecule has 6 nitrogen and oxygen atoms in total. The molecule has 0 spiro atoms. The molecular weight excluding hydrogens is 329 g/mol. The van der Waals surface area contributed by atoms with Gasteiger partial charge in [0.2, 0.25) is 5.65 Å². The van der Waals surface area contributed by atoms with Gasteiger partial charge in [-0.25, -0.2) is 15.2 Å². The van der Waals surface area contributed by atoms with E-state index in [2.05, 4.69) is 31.3 Å². The average molecular weight is 338 g/mol. The third-order valence-electron chi connectivity index (χ3n) is 2.59. The maximum absolute atomic E-state index is 13.1. The zero-order valence-corrected chi connectivity index (χ0v) is 11.6. The third kappa shape index (κ3) is 2.30. The van der Waals surface area contributed by atoms with E-state index in [0.717, 1.165) is 0 Å². The lowest BCUT2D eigenvalue weighted by atomic mass is 10.3. The highest BCUT2D eigenvalue weighted by atomic mass is 79.9. The van der Waals surface area contributed by atoms with Crippen molar-refractivity contribution in [2.45, 2.75) is 0 Å². The van der Waals surface area contributed by atoms with Gasteiger partial charge in [-0.05, 0) is 34.1 Å². The van der Waals surface area contributed by atoms with Gasteiger partial charge in [0.25, 0.3) is 5.88 Å². The van der Waals surface area contributed by atoms with Crippen molar-refractivity contribution in [2.24, 2.45) is 5.84 Å². The Hall–Kier alpha value is -2.19. The summed E-state index contributed by atoms with van der Waals surface area (Å²) in [4.78, 5) is 8.35. The fourth-order valence-corrected chi connectivity index (χ4v) is 2.13. The molecular formula is C12H9BrFN5O. The van der Waals surface area contributed by atoms with E-state index in [-0.39, 0.29) is 11.7 Å². The number of ether oxygens (including phenoxy) is 1. The lowest BCUT2D eigenvalue weighted by molar-refractivity contribution is 0.461. The Morgan fingerprint density at radius 2 is 2.25 bits per heavy atom. The number of fused-ring (bicyclic) bond motifs is 1. The molecule has 1 aromatic carbocycles. The zero-order chi connectivity index (χ0) is 14.1. The van der Waals surface area contributed by atoms with Crippen molar-refractivity contribution < 1.29 is 9.13 Å². The highest BCUT2D eigenvalue weighted by Gasteiger charge is 2.11. The van der Waals surface area contributed by atoms with Gasteiger partial charge in [0.05, 0.1) is 10.7 Å². The first-order valence-corrected chi connectivity index (χ1v) is 6.40. The van der Waals surface area contributed by atoms with Gasteiger partial charge >= 0.3 is 0 Å². The minimum atomic E-state index is -0.361. The molecule has 0 amide bonds. The topological polar surface area (TPSA) is 77.5 Å². The van der Waals surface area contributed by atoms with Gasteiger partial charge < -0.3 is 10.2 Å². The fraction of sp³-hybridized carbons (Fsp3) is 0. The van der Waals surface area contributed by atoms with Crippen LogP contribution in [0.3, 0.4) is 0 Å². The number of anilines is 1. The van der Waals surface area contributed by atoms with Gasteiger partial charge in [0, 0.05) is 12.4 Å². The first-order valence-electron chi connectivity index (χ1n) is 5.60. The van der Waals surface area contributed by atoms with Crippen molar-refractivity contribution in [3.05, 3.63) is 47.1 Å². The van der Waals surface area contributed by atoms with Gasteiger partial charge in [-0.3, -0.25) is 4.40 Å². The van der Waals surface area contributed by atoms with Gasteiger partial charge in [-0.15, -0.1) is 0 Å². The second-order valence-corrected chi connectivity index (χ2v) is 4.76. The standard InChI is InChI=1S/C12H9BrFN5O/c13-8-5-7(14)1-2-9(8)20-12-11-16-3-4-19(11)6-10(17-12)18-15/h1-6,18H,15H2. The molecule has 102 valence electrons. The molecule has 3 aromatic rings. The number of halogens is 2. The normalized spacial score (nSPS) is 10.8. The number of imidazole rings is 1. The van der Waals surface area contributed by atoms with Crippen LogP contribution >= 0.6 is 15.9 Å². The Bertz CT molecular complexity index is 776. The van der Waals surface area contributed by atoms with Crippen LogP contribution in [0.4, 0.5) is 10.2 Å². The van der Waals surface area contributed by atoms with Crippen molar-refractivity contribution in [3.8, 4) is 11.6 Å². The zero-order valence-electron chi connectivity index (χ0n) is 10.0. The van der Waals surface area contributed by atoms with Crippen LogP contribution in [0.2, 0.25) is 0 Å². The number of nitrogens with one attached hydrogen (secondary N) is 1. The number of hydrogen-bond acceptors (Lipinski definition) is 5. The Morgan fingerprint density at radius 3 is 3.00 bits per heavy atom. The van der Waals surface area contributed by atoms with E-state index >= 15 is 0 Å². The fourth-order valence-electron chi connectivity index (χ4n) is 1.70. The summed E-state index contributed by atoms with van der Waals surface area (Å²) in [6.45, 7) is 0. The average Bonchev–Trinajstić information content (AvgIpc) is 2.90. The lowest BCUT2D eigenvalue weighted by Gasteiger charge is -2.09. The lowest BCUT2D eigenvalue weighted by Crippen LogP contribution is -2.10. The number of hydrogen-bond donors (Lipinski definition) is 2. The Labute approximate surface area is 121 Å². The molecule has 0 aliphatic heterocycles. The van der Waals surface area contributed by atoms with Crippen LogP contribution in [0.1, 0.15) is 0 Å². The number of nitrogens with zero attached hydrogens (tertiary/aromatic N) is 3. The van der Waals surface area contributed by atoms with Crippen LogP contribution in [-0.4, -0.2) is 14.4 Å². The van der Waals surface area contributed by atoms with Crippen molar-refractivity contribution in [2.75, 3.05) is 5.43 Å². The van der Waals surface area contributed by atoms with Gasteiger partial charge in [0.15, 0.2) is 5.82 Å². The van der Waals surface area contributed by atoms with Crippen molar-refractivity contribution in [3.63, 3.8) is 0 Å². The number of nitrogens with two attached hydrogens (primary N) is 1. The molecule has 3 N–H and O–H groups in total.